The molecule has 6 nitrogen and oxygen atoms in total. The van der Waals surface area contributed by atoms with Gasteiger partial charge in [0.2, 0.25) is 5.91 Å². The molecule has 0 aromatic rings. The lowest BCUT2D eigenvalue weighted by Crippen LogP contribution is -2.46. The maximum absolute atomic E-state index is 11.6. The van der Waals surface area contributed by atoms with Gasteiger partial charge in [0, 0.05) is 12.0 Å². The summed E-state index contributed by atoms with van der Waals surface area (Å²) >= 11 is 0. The lowest BCUT2D eigenvalue weighted by Gasteiger charge is -2.28. The van der Waals surface area contributed by atoms with Gasteiger partial charge in [0.05, 0.1) is 6.54 Å². The van der Waals surface area contributed by atoms with Crippen molar-refractivity contribution >= 4 is 18.2 Å². The fraction of sp³-hybridized carbons (Fsp3) is 0.750. The van der Waals surface area contributed by atoms with E-state index in [1.54, 1.807) is 0 Å². The molecule has 1 aliphatic carbocycles. The molecule has 1 saturated carbocycles. The SMILES string of the molecule is O=CC1CCN(CC(=O)NC(=O)NC2CC2)CC1. The van der Waals surface area contributed by atoms with Crippen LogP contribution in [0.5, 0.6) is 0 Å². The standard InChI is InChI=1S/C12H19N3O3/c16-8-9-3-5-15(6-4-9)7-11(17)14-12(18)13-10-1-2-10/h8-10H,1-7H2,(H2,13,14,17,18). The van der Waals surface area contributed by atoms with E-state index in [0.29, 0.717) is 0 Å². The van der Waals surface area contributed by atoms with Crippen molar-refractivity contribution < 1.29 is 14.4 Å². The number of aldehydes is 1. The van der Waals surface area contributed by atoms with Crippen molar-refractivity contribution in [3.63, 3.8) is 0 Å². The van der Waals surface area contributed by atoms with Crippen LogP contribution in [0.4, 0.5) is 4.79 Å². The van der Waals surface area contributed by atoms with Crippen LogP contribution in [-0.4, -0.2) is 48.8 Å². The highest BCUT2D eigenvalue weighted by molar-refractivity contribution is 5.95. The molecule has 1 aliphatic heterocycles. The number of hydrogen-bond donors (Lipinski definition) is 2. The quantitative estimate of drug-likeness (QED) is 0.685. The van der Waals surface area contributed by atoms with Gasteiger partial charge in [-0.1, -0.05) is 0 Å². The van der Waals surface area contributed by atoms with Crippen molar-refractivity contribution in [1.29, 1.82) is 0 Å². The highest BCUT2D eigenvalue weighted by atomic mass is 16.2. The number of imide groups is 1. The Hall–Kier alpha value is -1.43. The number of hydrogen-bond acceptors (Lipinski definition) is 4. The van der Waals surface area contributed by atoms with E-state index in [0.717, 1.165) is 45.1 Å². The summed E-state index contributed by atoms with van der Waals surface area (Å²) in [4.78, 5) is 35.5. The molecule has 100 valence electrons. The molecule has 0 aromatic carbocycles. The molecule has 6 heteroatoms. The van der Waals surface area contributed by atoms with E-state index < -0.39 is 6.03 Å². The van der Waals surface area contributed by atoms with Crippen LogP contribution in [0.1, 0.15) is 25.7 Å². The zero-order valence-electron chi connectivity index (χ0n) is 10.4. The monoisotopic (exact) mass is 253 g/mol. The maximum Gasteiger partial charge on any atom is 0.321 e. The Labute approximate surface area is 106 Å². The van der Waals surface area contributed by atoms with E-state index in [2.05, 4.69) is 10.6 Å². The Balaban J connectivity index is 1.64. The maximum atomic E-state index is 11.6. The number of urea groups is 1. The van der Waals surface area contributed by atoms with Crippen molar-refractivity contribution in [3.05, 3.63) is 0 Å². The molecular weight excluding hydrogens is 234 g/mol. The highest BCUT2D eigenvalue weighted by Crippen LogP contribution is 2.18. The first kappa shape index (κ1) is 13.0. The fourth-order valence-electron chi connectivity index (χ4n) is 2.07. The van der Waals surface area contributed by atoms with Crippen molar-refractivity contribution in [3.8, 4) is 0 Å². The van der Waals surface area contributed by atoms with E-state index in [9.17, 15) is 14.4 Å². The van der Waals surface area contributed by atoms with Crippen LogP contribution in [0.3, 0.4) is 0 Å². The van der Waals surface area contributed by atoms with E-state index >= 15 is 0 Å². The topological polar surface area (TPSA) is 78.5 Å². The van der Waals surface area contributed by atoms with Crippen LogP contribution in [0, 0.1) is 5.92 Å². The fourth-order valence-corrected chi connectivity index (χ4v) is 2.07. The normalized spacial score (nSPS) is 21.3. The van der Waals surface area contributed by atoms with Gasteiger partial charge in [0.1, 0.15) is 6.29 Å². The molecule has 3 amide bonds. The average Bonchev–Trinajstić information content (AvgIpc) is 3.13. The first-order valence-corrected chi connectivity index (χ1v) is 6.45. The average molecular weight is 253 g/mol. The molecule has 2 aliphatic rings. The van der Waals surface area contributed by atoms with Crippen LogP contribution >= 0.6 is 0 Å². The van der Waals surface area contributed by atoms with Gasteiger partial charge < -0.3 is 10.1 Å². The van der Waals surface area contributed by atoms with Crippen LogP contribution < -0.4 is 10.6 Å². The number of piperidine rings is 1. The molecule has 0 bridgehead atoms. The summed E-state index contributed by atoms with van der Waals surface area (Å²) in [6, 6.07) is -0.147. The third-order valence-corrected chi connectivity index (χ3v) is 3.36. The van der Waals surface area contributed by atoms with E-state index in [1.165, 1.54) is 0 Å². The Kier molecular flexibility index (Phi) is 4.30. The highest BCUT2D eigenvalue weighted by Gasteiger charge is 2.25. The zero-order valence-corrected chi connectivity index (χ0v) is 10.4. The second-order valence-electron chi connectivity index (χ2n) is 5.05. The van der Waals surface area contributed by atoms with Gasteiger partial charge in [0.15, 0.2) is 0 Å². The smallest absolute Gasteiger partial charge is 0.321 e. The minimum absolute atomic E-state index is 0.127. The molecule has 0 radical (unpaired) electrons. The second-order valence-corrected chi connectivity index (χ2v) is 5.05. The van der Waals surface area contributed by atoms with Crippen LogP contribution in [-0.2, 0) is 9.59 Å². The van der Waals surface area contributed by atoms with Crippen molar-refractivity contribution in [2.75, 3.05) is 19.6 Å². The third kappa shape index (κ3) is 4.10. The first-order valence-electron chi connectivity index (χ1n) is 6.45. The van der Waals surface area contributed by atoms with Gasteiger partial charge in [-0.3, -0.25) is 15.0 Å². The van der Waals surface area contributed by atoms with Crippen molar-refractivity contribution in [2.45, 2.75) is 31.7 Å². The number of carbonyl (C=O) groups is 3. The van der Waals surface area contributed by atoms with Crippen LogP contribution in [0.2, 0.25) is 0 Å². The lowest BCUT2D eigenvalue weighted by molar-refractivity contribution is -0.121. The lowest BCUT2D eigenvalue weighted by atomic mass is 9.99. The van der Waals surface area contributed by atoms with Crippen molar-refractivity contribution in [2.24, 2.45) is 5.92 Å². The molecule has 0 unspecified atom stereocenters. The molecule has 0 spiro atoms. The van der Waals surface area contributed by atoms with Gasteiger partial charge in [-0.25, -0.2) is 4.79 Å². The Morgan fingerprint density at radius 3 is 2.39 bits per heavy atom. The molecular formula is C12H19N3O3. The van der Waals surface area contributed by atoms with Crippen LogP contribution in [0.15, 0.2) is 0 Å². The first-order chi connectivity index (χ1) is 8.67. The summed E-state index contributed by atoms with van der Waals surface area (Å²) in [7, 11) is 0. The van der Waals surface area contributed by atoms with Crippen LogP contribution in [0.25, 0.3) is 0 Å². The number of rotatable bonds is 4. The number of carbonyl (C=O) groups excluding carboxylic acids is 3. The third-order valence-electron chi connectivity index (χ3n) is 3.36. The predicted octanol–water partition coefficient (Wildman–Crippen LogP) is -0.114. The summed E-state index contributed by atoms with van der Waals surface area (Å²) in [5.74, 6) is -0.153. The molecule has 1 saturated heterocycles. The van der Waals surface area contributed by atoms with Gasteiger partial charge >= 0.3 is 6.03 Å². The number of amides is 3. The Morgan fingerprint density at radius 1 is 1.17 bits per heavy atom. The van der Waals surface area contributed by atoms with Gasteiger partial charge in [0.25, 0.3) is 0 Å². The summed E-state index contributed by atoms with van der Waals surface area (Å²) in [6.07, 6.45) is 4.58. The molecule has 1 heterocycles. The summed E-state index contributed by atoms with van der Waals surface area (Å²) < 4.78 is 0. The number of likely N-dealkylation sites (tertiary alicyclic amines) is 1. The minimum Gasteiger partial charge on any atom is -0.335 e. The zero-order chi connectivity index (χ0) is 13.0. The molecule has 2 N–H and O–H groups in total. The number of nitrogens with zero attached hydrogens (tertiary/aromatic N) is 1. The minimum atomic E-state index is -0.398. The molecule has 18 heavy (non-hydrogen) atoms. The molecule has 2 fully saturated rings. The van der Waals surface area contributed by atoms with E-state index in [1.807, 2.05) is 4.90 Å². The number of nitrogens with one attached hydrogen (secondary N) is 2. The van der Waals surface area contributed by atoms with Crippen molar-refractivity contribution in [1.82, 2.24) is 15.5 Å². The van der Waals surface area contributed by atoms with Gasteiger partial charge in [-0.05, 0) is 38.8 Å². The molecule has 0 atom stereocenters. The Morgan fingerprint density at radius 2 is 1.83 bits per heavy atom. The van der Waals surface area contributed by atoms with Gasteiger partial charge in [-0.2, -0.15) is 0 Å². The second kappa shape index (κ2) is 5.95. The van der Waals surface area contributed by atoms with E-state index in [4.69, 9.17) is 0 Å². The predicted molar refractivity (Wildman–Crippen MR) is 64.9 cm³/mol. The summed E-state index contributed by atoms with van der Waals surface area (Å²) in [5.41, 5.74) is 0. The van der Waals surface area contributed by atoms with Gasteiger partial charge in [-0.15, -0.1) is 0 Å². The molecule has 0 aromatic heterocycles. The van der Waals surface area contributed by atoms with E-state index in [-0.39, 0.29) is 24.4 Å². The molecule has 2 rings (SSSR count). The Bertz CT molecular complexity index is 333. The largest absolute Gasteiger partial charge is 0.335 e. The summed E-state index contributed by atoms with van der Waals surface area (Å²) in [5, 5.41) is 5.03. The summed E-state index contributed by atoms with van der Waals surface area (Å²) in [6.45, 7) is 1.70.